The molecule has 0 aliphatic carbocycles. The Bertz CT molecular complexity index is 1710. The summed E-state index contributed by atoms with van der Waals surface area (Å²) in [6.45, 7) is 2.89. The summed E-state index contributed by atoms with van der Waals surface area (Å²) in [5.74, 6) is -0.377. The first-order chi connectivity index (χ1) is 20.4. The third-order valence-electron chi connectivity index (χ3n) is 7.36. The van der Waals surface area contributed by atoms with Crippen LogP contribution in [-0.4, -0.2) is 61.8 Å². The van der Waals surface area contributed by atoms with Crippen molar-refractivity contribution in [3.05, 3.63) is 82.9 Å². The van der Waals surface area contributed by atoms with Crippen LogP contribution in [0.15, 0.2) is 66.1 Å². The van der Waals surface area contributed by atoms with Crippen LogP contribution in [0.5, 0.6) is 0 Å². The zero-order valence-corrected chi connectivity index (χ0v) is 23.3. The van der Waals surface area contributed by atoms with Crippen molar-refractivity contribution in [3.8, 4) is 11.3 Å². The first-order valence-electron chi connectivity index (χ1n) is 13.5. The van der Waals surface area contributed by atoms with Gasteiger partial charge in [-0.1, -0.05) is 18.2 Å². The number of aromatic carboxylic acids is 1. The molecule has 4 aromatic rings. The number of amides is 2. The molecule has 0 unspecified atom stereocenters. The van der Waals surface area contributed by atoms with Gasteiger partial charge in [-0.15, -0.1) is 0 Å². The van der Waals surface area contributed by atoms with Gasteiger partial charge in [0.05, 0.1) is 21.9 Å². The largest absolute Gasteiger partial charge is 0.478 e. The van der Waals surface area contributed by atoms with E-state index in [1.807, 2.05) is 24.3 Å². The molecular weight excluding hydrogens is 554 g/mol. The molecule has 5 heterocycles. The molecule has 6 rings (SSSR count). The van der Waals surface area contributed by atoms with Crippen LogP contribution in [0.2, 0.25) is 0 Å². The van der Waals surface area contributed by atoms with E-state index in [4.69, 9.17) is 0 Å². The number of carbonyl (C=O) groups excluding carboxylic acids is 2. The number of pyridine rings is 2. The summed E-state index contributed by atoms with van der Waals surface area (Å²) in [7, 11) is 0. The van der Waals surface area contributed by atoms with Gasteiger partial charge in [0, 0.05) is 55.4 Å². The summed E-state index contributed by atoms with van der Waals surface area (Å²) in [6, 6.07) is 11.0. The Morgan fingerprint density at radius 2 is 1.98 bits per heavy atom. The zero-order valence-electron chi connectivity index (χ0n) is 22.5. The lowest BCUT2D eigenvalue weighted by molar-refractivity contribution is -0.115. The van der Waals surface area contributed by atoms with E-state index >= 15 is 0 Å². The highest BCUT2D eigenvalue weighted by Crippen LogP contribution is 2.30. The minimum atomic E-state index is -1.01. The molecule has 1 aromatic carbocycles. The number of benzene rings is 1. The van der Waals surface area contributed by atoms with Gasteiger partial charge in [-0.25, -0.2) is 14.8 Å². The lowest BCUT2D eigenvalue weighted by atomic mass is 9.96. The second kappa shape index (κ2) is 12.0. The number of rotatable bonds is 8. The molecule has 0 atom stereocenters. The number of carboxylic acids is 1. The van der Waals surface area contributed by atoms with Crippen molar-refractivity contribution in [1.29, 1.82) is 0 Å². The molecule has 0 bridgehead atoms. The Hall–Kier alpha value is -4.68. The first kappa shape index (κ1) is 27.5. The molecule has 3 aromatic heterocycles. The molecule has 42 heavy (non-hydrogen) atoms. The van der Waals surface area contributed by atoms with Gasteiger partial charge >= 0.3 is 5.97 Å². The number of carbonyl (C=O) groups is 3. The Labute approximate surface area is 245 Å². The van der Waals surface area contributed by atoms with Gasteiger partial charge in [-0.05, 0) is 72.3 Å². The molecule has 11 nitrogen and oxygen atoms in total. The van der Waals surface area contributed by atoms with E-state index in [0.717, 1.165) is 66.1 Å². The smallest absolute Gasteiger partial charge is 0.337 e. The molecule has 0 radical (unpaired) electrons. The van der Waals surface area contributed by atoms with Crippen LogP contribution >= 0.6 is 11.8 Å². The van der Waals surface area contributed by atoms with Crippen molar-refractivity contribution in [2.75, 3.05) is 24.5 Å². The lowest BCUT2D eigenvalue weighted by Gasteiger charge is -2.32. The molecular formula is C30H27N7O4S. The Morgan fingerprint density at radius 3 is 2.76 bits per heavy atom. The predicted octanol–water partition coefficient (Wildman–Crippen LogP) is 4.12. The SMILES string of the molecule is O=C1NC(=O)C(=Cc2ccnc(N3CCC(CNCc4cnc(-c5cccc6cnccc56)c(C(=O)O)c4)CC3)n2)S1. The molecule has 212 valence electrons. The molecule has 2 saturated heterocycles. The Kier molecular flexibility index (Phi) is 7.89. The van der Waals surface area contributed by atoms with Gasteiger partial charge in [0.1, 0.15) is 0 Å². The average Bonchev–Trinajstić information content (AvgIpc) is 3.33. The van der Waals surface area contributed by atoms with Crippen LogP contribution in [0.1, 0.15) is 34.5 Å². The molecule has 2 amide bonds. The summed E-state index contributed by atoms with van der Waals surface area (Å²) >= 11 is 0.864. The van der Waals surface area contributed by atoms with Crippen molar-refractivity contribution in [3.63, 3.8) is 0 Å². The minimum absolute atomic E-state index is 0.170. The van der Waals surface area contributed by atoms with E-state index in [1.54, 1.807) is 43.0 Å². The molecule has 3 N–H and O–H groups in total. The van der Waals surface area contributed by atoms with E-state index in [1.165, 1.54) is 0 Å². The maximum atomic E-state index is 12.2. The van der Waals surface area contributed by atoms with Crippen molar-refractivity contribution >= 4 is 51.7 Å². The van der Waals surface area contributed by atoms with Gasteiger partial charge in [0.15, 0.2) is 0 Å². The molecule has 2 aliphatic heterocycles. The van der Waals surface area contributed by atoms with Crippen molar-refractivity contribution < 1.29 is 19.5 Å². The maximum absolute atomic E-state index is 12.2. The van der Waals surface area contributed by atoms with Crippen molar-refractivity contribution in [2.24, 2.45) is 5.92 Å². The number of fused-ring (bicyclic) bond motifs is 1. The second-order valence-electron chi connectivity index (χ2n) is 10.1. The van der Waals surface area contributed by atoms with Gasteiger partial charge in [0.2, 0.25) is 5.95 Å². The minimum Gasteiger partial charge on any atom is -0.478 e. The van der Waals surface area contributed by atoms with Gasteiger partial charge in [-0.2, -0.15) is 0 Å². The number of nitrogens with zero attached hydrogens (tertiary/aromatic N) is 5. The number of aromatic nitrogens is 4. The van der Waals surface area contributed by atoms with Crippen LogP contribution in [0, 0.1) is 5.92 Å². The Balaban J connectivity index is 1.05. The number of thioether (sulfide) groups is 1. The quantitative estimate of drug-likeness (QED) is 0.258. The highest BCUT2D eigenvalue weighted by Gasteiger charge is 2.26. The van der Waals surface area contributed by atoms with E-state index in [2.05, 4.69) is 35.5 Å². The average molecular weight is 582 g/mol. The number of piperidine rings is 1. The van der Waals surface area contributed by atoms with Crippen LogP contribution < -0.4 is 15.5 Å². The molecule has 2 aliphatic rings. The highest BCUT2D eigenvalue weighted by molar-refractivity contribution is 8.18. The standard InChI is InChI=1S/C30H27N7O4S/c38-27-25(42-30(41)36-27)13-21-4-9-33-29(35-21)37-10-6-18(7-11-37)14-32-15-19-12-24(28(39)40)26(34-16-19)23-3-1-2-20-17-31-8-5-22(20)23/h1-5,8-9,12-13,16-18,32H,6-7,10-11,14-15H2,(H,39,40)(H,36,38,41). The molecule has 12 heteroatoms. The highest BCUT2D eigenvalue weighted by atomic mass is 32.2. The van der Waals surface area contributed by atoms with Crippen LogP contribution in [0.4, 0.5) is 10.7 Å². The number of hydrogen-bond donors (Lipinski definition) is 3. The maximum Gasteiger partial charge on any atom is 0.337 e. The van der Waals surface area contributed by atoms with E-state index in [9.17, 15) is 19.5 Å². The number of nitrogens with one attached hydrogen (secondary N) is 2. The number of hydrogen-bond acceptors (Lipinski definition) is 10. The number of imide groups is 1. The van der Waals surface area contributed by atoms with Crippen LogP contribution in [0.25, 0.3) is 28.1 Å². The fourth-order valence-corrected chi connectivity index (χ4v) is 5.89. The summed E-state index contributed by atoms with van der Waals surface area (Å²) in [5, 5.41) is 17.1. The van der Waals surface area contributed by atoms with Crippen LogP contribution in [0.3, 0.4) is 0 Å². The third kappa shape index (κ3) is 5.99. The summed E-state index contributed by atoms with van der Waals surface area (Å²) in [5.41, 5.74) is 2.77. The topological polar surface area (TPSA) is 150 Å². The Morgan fingerprint density at radius 1 is 1.12 bits per heavy atom. The monoisotopic (exact) mass is 581 g/mol. The number of carboxylic acid groups (broad SMARTS) is 1. The van der Waals surface area contributed by atoms with Gasteiger partial charge in [0.25, 0.3) is 11.1 Å². The number of anilines is 1. The van der Waals surface area contributed by atoms with E-state index < -0.39 is 11.9 Å². The third-order valence-corrected chi connectivity index (χ3v) is 8.17. The fourth-order valence-electron chi connectivity index (χ4n) is 5.22. The van der Waals surface area contributed by atoms with Crippen molar-refractivity contribution in [2.45, 2.75) is 19.4 Å². The summed E-state index contributed by atoms with van der Waals surface area (Å²) in [6.07, 6.45) is 10.3. The second-order valence-corrected chi connectivity index (χ2v) is 11.2. The predicted molar refractivity (Wildman–Crippen MR) is 160 cm³/mol. The summed E-state index contributed by atoms with van der Waals surface area (Å²) in [4.78, 5) is 55.6. The van der Waals surface area contributed by atoms with Crippen LogP contribution in [-0.2, 0) is 11.3 Å². The molecule has 0 spiro atoms. The molecule has 0 saturated carbocycles. The normalized spacial score (nSPS) is 16.8. The zero-order chi connectivity index (χ0) is 29.1. The fraction of sp³-hybridized carbons (Fsp3) is 0.233. The lowest BCUT2D eigenvalue weighted by Crippen LogP contribution is -2.38. The van der Waals surface area contributed by atoms with E-state index in [-0.39, 0.29) is 10.8 Å². The molecule has 2 fully saturated rings. The van der Waals surface area contributed by atoms with Crippen molar-refractivity contribution in [1.82, 2.24) is 30.6 Å². The van der Waals surface area contributed by atoms with E-state index in [0.29, 0.717) is 34.7 Å². The van der Waals surface area contributed by atoms with Gasteiger partial charge < -0.3 is 15.3 Å². The first-order valence-corrected chi connectivity index (χ1v) is 14.3. The summed E-state index contributed by atoms with van der Waals surface area (Å²) < 4.78 is 0. The van der Waals surface area contributed by atoms with Gasteiger partial charge in [-0.3, -0.25) is 24.9 Å².